The first-order valence-electron chi connectivity index (χ1n) is 6.66. The number of hydrogen-bond acceptors (Lipinski definition) is 3. The Morgan fingerprint density at radius 2 is 2.10 bits per heavy atom. The second kappa shape index (κ2) is 4.55. The van der Waals surface area contributed by atoms with Gasteiger partial charge in [-0.3, -0.25) is 14.7 Å². The van der Waals surface area contributed by atoms with Crippen molar-refractivity contribution in [1.29, 1.82) is 0 Å². The lowest BCUT2D eigenvalue weighted by Gasteiger charge is -2.17. The number of rotatable bonds is 3. The number of nitrogens with zero attached hydrogens (tertiary/aromatic N) is 2. The van der Waals surface area contributed by atoms with Crippen LogP contribution in [0.15, 0.2) is 12.3 Å². The van der Waals surface area contributed by atoms with E-state index in [4.69, 9.17) is 0 Å². The van der Waals surface area contributed by atoms with Gasteiger partial charge in [-0.15, -0.1) is 0 Å². The molecule has 0 unspecified atom stereocenters. The molecule has 1 spiro atoms. The maximum Gasteiger partial charge on any atom is 0.418 e. The third kappa shape index (κ3) is 2.57. The minimum atomic E-state index is -4.54. The van der Waals surface area contributed by atoms with Gasteiger partial charge in [0.15, 0.2) is 6.29 Å². The first kappa shape index (κ1) is 13.5. The standard InChI is InChI=1S/C14H15F3N2O/c15-14(16,17)11-5-10(6-18-12(11)8-20)7-19-4-3-13(9-19)1-2-13/h5-6,8H,1-4,7,9H2. The van der Waals surface area contributed by atoms with Gasteiger partial charge in [0.25, 0.3) is 0 Å². The molecule has 3 nitrogen and oxygen atoms in total. The summed E-state index contributed by atoms with van der Waals surface area (Å²) in [4.78, 5) is 16.5. The van der Waals surface area contributed by atoms with Crippen LogP contribution in [0.25, 0.3) is 0 Å². The summed E-state index contributed by atoms with van der Waals surface area (Å²) in [5.41, 5.74) is -0.518. The molecular formula is C14H15F3N2O. The Bertz CT molecular complexity index is 538. The molecule has 6 heteroatoms. The van der Waals surface area contributed by atoms with E-state index >= 15 is 0 Å². The number of hydrogen-bond donors (Lipinski definition) is 0. The Hall–Kier alpha value is -1.43. The summed E-state index contributed by atoms with van der Waals surface area (Å²) >= 11 is 0. The zero-order valence-electron chi connectivity index (χ0n) is 10.9. The Labute approximate surface area is 114 Å². The van der Waals surface area contributed by atoms with E-state index < -0.39 is 17.4 Å². The lowest BCUT2D eigenvalue weighted by Crippen LogP contribution is -2.21. The van der Waals surface area contributed by atoms with Gasteiger partial charge in [-0.1, -0.05) is 0 Å². The molecule has 1 aromatic heterocycles. The van der Waals surface area contributed by atoms with Gasteiger partial charge in [-0.2, -0.15) is 13.2 Å². The predicted molar refractivity (Wildman–Crippen MR) is 66.2 cm³/mol. The van der Waals surface area contributed by atoms with E-state index in [-0.39, 0.29) is 6.29 Å². The maximum absolute atomic E-state index is 12.8. The minimum absolute atomic E-state index is 0.154. The Morgan fingerprint density at radius 1 is 1.35 bits per heavy atom. The summed E-state index contributed by atoms with van der Waals surface area (Å²) in [6, 6.07) is 1.05. The first-order valence-corrected chi connectivity index (χ1v) is 6.66. The van der Waals surface area contributed by atoms with E-state index in [1.54, 1.807) is 0 Å². The van der Waals surface area contributed by atoms with Crippen molar-refractivity contribution in [2.45, 2.75) is 32.0 Å². The van der Waals surface area contributed by atoms with Gasteiger partial charge in [-0.25, -0.2) is 0 Å². The van der Waals surface area contributed by atoms with Gasteiger partial charge in [0, 0.05) is 19.3 Å². The van der Waals surface area contributed by atoms with Crippen LogP contribution in [0.5, 0.6) is 0 Å². The number of carbonyl (C=O) groups excluding carboxylic acids is 1. The average Bonchev–Trinajstić information content (AvgIpc) is 3.02. The zero-order chi connectivity index (χ0) is 14.4. The van der Waals surface area contributed by atoms with Crippen molar-refractivity contribution in [1.82, 2.24) is 9.88 Å². The molecule has 2 heterocycles. The normalized spacial score (nSPS) is 21.4. The van der Waals surface area contributed by atoms with Crippen molar-refractivity contribution >= 4 is 6.29 Å². The summed E-state index contributed by atoms with van der Waals surface area (Å²) < 4.78 is 38.5. The van der Waals surface area contributed by atoms with Crippen LogP contribution < -0.4 is 0 Å². The van der Waals surface area contributed by atoms with Crippen LogP contribution in [0.4, 0.5) is 13.2 Å². The summed E-state index contributed by atoms with van der Waals surface area (Å²) in [5, 5.41) is 0. The van der Waals surface area contributed by atoms with Crippen LogP contribution in [0.3, 0.4) is 0 Å². The van der Waals surface area contributed by atoms with Crippen molar-refractivity contribution in [3.8, 4) is 0 Å². The number of halogens is 3. The molecule has 20 heavy (non-hydrogen) atoms. The van der Waals surface area contributed by atoms with Crippen molar-refractivity contribution in [3.05, 3.63) is 29.1 Å². The molecule has 0 amide bonds. The van der Waals surface area contributed by atoms with Gasteiger partial charge < -0.3 is 0 Å². The number of aromatic nitrogens is 1. The molecule has 1 aliphatic carbocycles. The van der Waals surface area contributed by atoms with Crippen molar-refractivity contribution in [2.24, 2.45) is 5.41 Å². The van der Waals surface area contributed by atoms with Crippen LogP contribution in [0.1, 0.15) is 40.9 Å². The molecule has 108 valence electrons. The first-order chi connectivity index (χ1) is 9.42. The molecule has 0 radical (unpaired) electrons. The summed E-state index contributed by atoms with van der Waals surface area (Å²) in [6.07, 6.45) is 0.596. The van der Waals surface area contributed by atoms with E-state index in [2.05, 4.69) is 9.88 Å². The second-order valence-electron chi connectivity index (χ2n) is 5.85. The fourth-order valence-electron chi connectivity index (χ4n) is 2.93. The van der Waals surface area contributed by atoms with Crippen molar-refractivity contribution < 1.29 is 18.0 Å². The van der Waals surface area contributed by atoms with Gasteiger partial charge in [0.1, 0.15) is 5.69 Å². The molecule has 1 aliphatic heterocycles. The monoisotopic (exact) mass is 284 g/mol. The lowest BCUT2D eigenvalue weighted by atomic mass is 10.1. The molecule has 3 rings (SSSR count). The van der Waals surface area contributed by atoms with Crippen molar-refractivity contribution in [2.75, 3.05) is 13.1 Å². The fourth-order valence-corrected chi connectivity index (χ4v) is 2.93. The number of aldehydes is 1. The van der Waals surface area contributed by atoms with E-state index in [9.17, 15) is 18.0 Å². The second-order valence-corrected chi connectivity index (χ2v) is 5.85. The number of alkyl halides is 3. The van der Waals surface area contributed by atoms with E-state index in [1.807, 2.05) is 0 Å². The van der Waals surface area contributed by atoms with Gasteiger partial charge in [-0.05, 0) is 42.9 Å². The molecule has 1 aromatic rings. The van der Waals surface area contributed by atoms with Gasteiger partial charge >= 0.3 is 6.18 Å². The van der Waals surface area contributed by atoms with E-state index in [1.165, 1.54) is 19.0 Å². The van der Waals surface area contributed by atoms with Crippen LogP contribution in [-0.2, 0) is 12.7 Å². The molecule has 2 fully saturated rings. The molecular weight excluding hydrogens is 269 g/mol. The third-order valence-corrected chi connectivity index (χ3v) is 4.27. The molecule has 0 atom stereocenters. The molecule has 0 N–H and O–H groups in total. The topological polar surface area (TPSA) is 33.2 Å². The molecule has 1 saturated heterocycles. The zero-order valence-corrected chi connectivity index (χ0v) is 10.9. The maximum atomic E-state index is 12.8. The molecule has 1 saturated carbocycles. The Morgan fingerprint density at radius 3 is 2.65 bits per heavy atom. The Kier molecular flexibility index (Phi) is 3.08. The minimum Gasteiger partial charge on any atom is -0.298 e. The quantitative estimate of drug-likeness (QED) is 0.800. The van der Waals surface area contributed by atoms with E-state index in [0.29, 0.717) is 17.5 Å². The number of carbonyl (C=O) groups is 1. The summed E-state index contributed by atoms with van der Waals surface area (Å²) in [7, 11) is 0. The number of likely N-dealkylation sites (tertiary alicyclic amines) is 1. The summed E-state index contributed by atoms with van der Waals surface area (Å²) in [6.45, 7) is 2.36. The van der Waals surface area contributed by atoms with Crippen LogP contribution in [0.2, 0.25) is 0 Å². The number of pyridine rings is 1. The highest BCUT2D eigenvalue weighted by atomic mass is 19.4. The third-order valence-electron chi connectivity index (χ3n) is 4.27. The smallest absolute Gasteiger partial charge is 0.298 e. The van der Waals surface area contributed by atoms with Gasteiger partial charge in [0.05, 0.1) is 5.56 Å². The molecule has 2 aliphatic rings. The SMILES string of the molecule is O=Cc1ncc(CN2CCC3(CC3)C2)cc1C(F)(F)F. The van der Waals surface area contributed by atoms with Crippen LogP contribution >= 0.6 is 0 Å². The van der Waals surface area contributed by atoms with Crippen LogP contribution in [0, 0.1) is 5.41 Å². The molecule has 0 bridgehead atoms. The molecule has 0 aromatic carbocycles. The van der Waals surface area contributed by atoms with Crippen LogP contribution in [-0.4, -0.2) is 29.3 Å². The average molecular weight is 284 g/mol. The van der Waals surface area contributed by atoms with E-state index in [0.717, 1.165) is 25.6 Å². The lowest BCUT2D eigenvalue weighted by molar-refractivity contribution is -0.138. The fraction of sp³-hybridized carbons (Fsp3) is 0.571. The Balaban J connectivity index is 1.78. The highest BCUT2D eigenvalue weighted by molar-refractivity contribution is 5.74. The largest absolute Gasteiger partial charge is 0.418 e. The highest BCUT2D eigenvalue weighted by Gasteiger charge is 2.47. The highest BCUT2D eigenvalue weighted by Crippen LogP contribution is 2.52. The summed E-state index contributed by atoms with van der Waals surface area (Å²) in [5.74, 6) is 0. The predicted octanol–water partition coefficient (Wildman–Crippen LogP) is 2.90. The van der Waals surface area contributed by atoms with Gasteiger partial charge in [0.2, 0.25) is 0 Å². The van der Waals surface area contributed by atoms with Crippen molar-refractivity contribution in [3.63, 3.8) is 0 Å².